The Labute approximate surface area is 175 Å². The average molecular weight is 450 g/mol. The summed E-state index contributed by atoms with van der Waals surface area (Å²) in [5, 5.41) is 3.34. The second-order valence-corrected chi connectivity index (χ2v) is 8.86. The van der Waals surface area contributed by atoms with E-state index in [1.54, 1.807) is 11.3 Å². The predicted octanol–water partition coefficient (Wildman–Crippen LogP) is 8.80. The van der Waals surface area contributed by atoms with E-state index < -0.39 is 0 Å². The summed E-state index contributed by atoms with van der Waals surface area (Å²) >= 11 is 11.7. The van der Waals surface area contributed by atoms with E-state index >= 15 is 0 Å². The molecule has 130 valence electrons. The Morgan fingerprint density at radius 3 is 2.04 bits per heavy atom. The second-order valence-electron chi connectivity index (χ2n) is 6.48. The molecule has 0 fully saturated rings. The fourth-order valence-electron chi connectivity index (χ4n) is 3.54. The van der Waals surface area contributed by atoms with Crippen LogP contribution in [0.15, 0.2) is 89.4 Å². The normalized spacial score (nSPS) is 11.3. The summed E-state index contributed by atoms with van der Waals surface area (Å²) in [6, 6.07) is 29.9. The van der Waals surface area contributed by atoms with E-state index in [0.29, 0.717) is 0 Å². The van der Waals surface area contributed by atoms with Crippen LogP contribution < -0.4 is 0 Å². The molecule has 0 aliphatic heterocycles. The van der Waals surface area contributed by atoms with E-state index in [1.807, 2.05) is 12.1 Å². The molecule has 27 heavy (non-hydrogen) atoms. The minimum Gasteiger partial charge on any atom is -0.134 e. The minimum atomic E-state index is 0.824. The van der Waals surface area contributed by atoms with E-state index in [-0.39, 0.29) is 0 Å². The van der Waals surface area contributed by atoms with E-state index in [2.05, 4.69) is 88.7 Å². The highest BCUT2D eigenvalue weighted by molar-refractivity contribution is 9.10. The van der Waals surface area contributed by atoms with Gasteiger partial charge in [0.25, 0.3) is 0 Å². The monoisotopic (exact) mass is 448 g/mol. The van der Waals surface area contributed by atoms with Crippen LogP contribution in [0.5, 0.6) is 0 Å². The first kappa shape index (κ1) is 17.0. The highest BCUT2D eigenvalue weighted by Gasteiger charge is 2.12. The van der Waals surface area contributed by atoms with Gasteiger partial charge in [-0.05, 0) is 46.5 Å². The first-order chi connectivity index (χ1) is 13.2. The van der Waals surface area contributed by atoms with Gasteiger partial charge in [0.1, 0.15) is 0 Å². The van der Waals surface area contributed by atoms with Crippen molar-refractivity contribution in [3.8, 4) is 22.3 Å². The van der Waals surface area contributed by atoms with Gasteiger partial charge in [-0.25, -0.2) is 0 Å². The van der Waals surface area contributed by atoms with Gasteiger partial charge in [0.05, 0.1) is 9.72 Å². The van der Waals surface area contributed by atoms with Crippen LogP contribution in [0.4, 0.5) is 0 Å². The van der Waals surface area contributed by atoms with Gasteiger partial charge in [0.15, 0.2) is 0 Å². The number of halogens is 2. The van der Waals surface area contributed by atoms with Gasteiger partial charge >= 0.3 is 0 Å². The van der Waals surface area contributed by atoms with Gasteiger partial charge in [-0.1, -0.05) is 88.2 Å². The van der Waals surface area contributed by atoms with Gasteiger partial charge in [-0.2, -0.15) is 0 Å². The van der Waals surface area contributed by atoms with Crippen molar-refractivity contribution in [1.82, 2.24) is 0 Å². The predicted molar refractivity (Wildman–Crippen MR) is 123 cm³/mol. The lowest BCUT2D eigenvalue weighted by atomic mass is 9.97. The highest BCUT2D eigenvalue weighted by atomic mass is 79.9. The highest BCUT2D eigenvalue weighted by Crippen LogP contribution is 2.42. The Hall–Kier alpha value is -2.13. The molecular formula is C24H14BrClS. The van der Waals surface area contributed by atoms with Crippen molar-refractivity contribution in [1.29, 1.82) is 0 Å². The van der Waals surface area contributed by atoms with Crippen molar-refractivity contribution >= 4 is 59.0 Å². The molecule has 0 N–H and O–H groups in total. The Morgan fingerprint density at radius 1 is 0.667 bits per heavy atom. The second kappa shape index (κ2) is 6.79. The molecule has 0 radical (unpaired) electrons. The summed E-state index contributed by atoms with van der Waals surface area (Å²) in [6.45, 7) is 0. The minimum absolute atomic E-state index is 0.824. The molecule has 0 unspecified atom stereocenters. The molecule has 5 aromatic rings. The maximum absolute atomic E-state index is 6.43. The zero-order valence-corrected chi connectivity index (χ0v) is 17.4. The molecule has 0 aliphatic rings. The number of benzene rings is 4. The number of rotatable bonds is 2. The third-order valence-electron chi connectivity index (χ3n) is 4.85. The fourth-order valence-corrected chi connectivity index (χ4v) is 5.23. The average Bonchev–Trinajstić information content (AvgIpc) is 3.09. The lowest BCUT2D eigenvalue weighted by Crippen LogP contribution is -1.82. The molecule has 0 amide bonds. The van der Waals surface area contributed by atoms with Crippen LogP contribution in [-0.2, 0) is 0 Å². The van der Waals surface area contributed by atoms with E-state index in [4.69, 9.17) is 11.6 Å². The molecule has 0 atom stereocenters. The molecule has 3 heteroatoms. The first-order valence-electron chi connectivity index (χ1n) is 8.67. The van der Waals surface area contributed by atoms with Gasteiger partial charge in [-0.3, -0.25) is 0 Å². The summed E-state index contributed by atoms with van der Waals surface area (Å²) in [5.74, 6) is 0. The first-order valence-corrected chi connectivity index (χ1v) is 10.7. The SMILES string of the molecule is Clc1cccc2c1sc1cccc(-c3ccc(-c4ccc(Br)cc4)cc3)c12. The van der Waals surface area contributed by atoms with Crippen LogP contribution in [0.2, 0.25) is 5.02 Å². The lowest BCUT2D eigenvalue weighted by molar-refractivity contribution is 1.59. The molecule has 0 saturated carbocycles. The molecule has 1 aromatic heterocycles. The molecule has 0 saturated heterocycles. The molecular weight excluding hydrogens is 436 g/mol. The van der Waals surface area contributed by atoms with Crippen LogP contribution in [0, 0.1) is 0 Å². The Bertz CT molecular complexity index is 1270. The summed E-state index contributed by atoms with van der Waals surface area (Å²) < 4.78 is 3.53. The Balaban J connectivity index is 1.66. The van der Waals surface area contributed by atoms with Crippen LogP contribution >= 0.6 is 38.9 Å². The third kappa shape index (κ3) is 2.98. The molecule has 4 aromatic carbocycles. The van der Waals surface area contributed by atoms with Gasteiger partial charge in [-0.15, -0.1) is 11.3 Å². The van der Waals surface area contributed by atoms with Gasteiger partial charge < -0.3 is 0 Å². The van der Waals surface area contributed by atoms with Crippen molar-refractivity contribution < 1.29 is 0 Å². The standard InChI is InChI=1S/C24H14BrClS/c25-18-13-11-16(12-14-18)15-7-9-17(10-8-15)19-3-2-6-22-23(19)20-4-1-5-21(26)24(20)27-22/h1-14H. The molecule has 0 nitrogen and oxygen atoms in total. The van der Waals surface area contributed by atoms with Crippen molar-refractivity contribution in [2.75, 3.05) is 0 Å². The molecule has 0 aliphatic carbocycles. The molecule has 1 heterocycles. The zero-order chi connectivity index (χ0) is 18.4. The maximum atomic E-state index is 6.43. The molecule has 0 spiro atoms. The summed E-state index contributed by atoms with van der Waals surface area (Å²) in [4.78, 5) is 0. The van der Waals surface area contributed by atoms with E-state index in [0.717, 1.165) is 14.2 Å². The van der Waals surface area contributed by atoms with Crippen molar-refractivity contribution in [2.45, 2.75) is 0 Å². The van der Waals surface area contributed by atoms with Gasteiger partial charge in [0, 0.05) is 19.9 Å². The van der Waals surface area contributed by atoms with Gasteiger partial charge in [0.2, 0.25) is 0 Å². The topological polar surface area (TPSA) is 0 Å². The fraction of sp³-hybridized carbons (Fsp3) is 0. The van der Waals surface area contributed by atoms with E-state index in [9.17, 15) is 0 Å². The molecule has 0 bridgehead atoms. The largest absolute Gasteiger partial charge is 0.134 e. The summed E-state index contributed by atoms with van der Waals surface area (Å²) in [5.41, 5.74) is 4.91. The zero-order valence-electron chi connectivity index (χ0n) is 14.2. The third-order valence-corrected chi connectivity index (χ3v) is 7.01. The number of hydrogen-bond donors (Lipinski definition) is 0. The van der Waals surface area contributed by atoms with Crippen LogP contribution in [0.25, 0.3) is 42.4 Å². The molecule has 5 rings (SSSR count). The number of fused-ring (bicyclic) bond motifs is 3. The van der Waals surface area contributed by atoms with Crippen LogP contribution in [0.1, 0.15) is 0 Å². The smallest absolute Gasteiger partial charge is 0.0584 e. The van der Waals surface area contributed by atoms with Crippen molar-refractivity contribution in [3.63, 3.8) is 0 Å². The van der Waals surface area contributed by atoms with Crippen LogP contribution in [0.3, 0.4) is 0 Å². The number of thiophene rings is 1. The van der Waals surface area contributed by atoms with Crippen LogP contribution in [-0.4, -0.2) is 0 Å². The van der Waals surface area contributed by atoms with Crippen molar-refractivity contribution in [2.24, 2.45) is 0 Å². The lowest BCUT2D eigenvalue weighted by Gasteiger charge is -2.07. The maximum Gasteiger partial charge on any atom is 0.0584 e. The Kier molecular flexibility index (Phi) is 4.28. The van der Waals surface area contributed by atoms with Crippen molar-refractivity contribution in [3.05, 3.63) is 94.4 Å². The Morgan fingerprint density at radius 2 is 1.30 bits per heavy atom. The van der Waals surface area contributed by atoms with E-state index in [1.165, 1.54) is 37.7 Å². The quantitative estimate of drug-likeness (QED) is 0.252. The number of hydrogen-bond acceptors (Lipinski definition) is 1. The summed E-state index contributed by atoms with van der Waals surface area (Å²) in [6.07, 6.45) is 0. The summed E-state index contributed by atoms with van der Waals surface area (Å²) in [7, 11) is 0.